The molecule has 0 aliphatic carbocycles. The van der Waals surface area contributed by atoms with Gasteiger partial charge in [0.1, 0.15) is 11.3 Å². The second kappa shape index (κ2) is 10.6. The third kappa shape index (κ3) is 5.43. The number of rotatable bonds is 11. The molecular formula is C22H29N5O4S. The maximum atomic E-state index is 12.7. The van der Waals surface area contributed by atoms with E-state index in [0.29, 0.717) is 50.3 Å². The van der Waals surface area contributed by atoms with Gasteiger partial charge in [-0.05, 0) is 55.8 Å². The largest absolute Gasteiger partial charge is 0.494 e. The molecule has 0 saturated heterocycles. The zero-order chi connectivity index (χ0) is 23.1. The van der Waals surface area contributed by atoms with Crippen LogP contribution in [0.3, 0.4) is 0 Å². The highest BCUT2D eigenvalue weighted by Crippen LogP contribution is 2.21. The molecule has 0 spiro atoms. The average Bonchev–Trinajstić information content (AvgIpc) is 3.18. The highest BCUT2D eigenvalue weighted by atomic mass is 32.2. The number of benzene rings is 2. The summed E-state index contributed by atoms with van der Waals surface area (Å²) in [6.45, 7) is 7.43. The van der Waals surface area contributed by atoms with Crippen LogP contribution in [0.5, 0.6) is 5.75 Å². The number of nitrogens with zero attached hydrogens (tertiary/aromatic N) is 4. The molecule has 1 aromatic heterocycles. The van der Waals surface area contributed by atoms with E-state index >= 15 is 0 Å². The van der Waals surface area contributed by atoms with Gasteiger partial charge in [-0.3, -0.25) is 4.79 Å². The van der Waals surface area contributed by atoms with Crippen molar-refractivity contribution in [1.82, 2.24) is 19.3 Å². The molecule has 172 valence electrons. The monoisotopic (exact) mass is 459 g/mol. The van der Waals surface area contributed by atoms with Gasteiger partial charge in [0.2, 0.25) is 15.9 Å². The Morgan fingerprint density at radius 2 is 1.81 bits per heavy atom. The van der Waals surface area contributed by atoms with Gasteiger partial charge in [0, 0.05) is 31.7 Å². The molecule has 0 unspecified atom stereocenters. The van der Waals surface area contributed by atoms with Gasteiger partial charge in [-0.2, -0.15) is 4.31 Å². The highest BCUT2D eigenvalue weighted by molar-refractivity contribution is 7.89. The summed E-state index contributed by atoms with van der Waals surface area (Å²) in [5, 5.41) is 11.1. The van der Waals surface area contributed by atoms with E-state index in [-0.39, 0.29) is 10.8 Å². The molecule has 0 radical (unpaired) electrons. The molecule has 0 atom stereocenters. The van der Waals surface area contributed by atoms with Gasteiger partial charge in [-0.15, -0.1) is 5.10 Å². The summed E-state index contributed by atoms with van der Waals surface area (Å²) in [6.07, 6.45) is 0.893. The summed E-state index contributed by atoms with van der Waals surface area (Å²) in [5.74, 6) is 0.669. The molecule has 1 heterocycles. The van der Waals surface area contributed by atoms with Crippen LogP contribution in [0.2, 0.25) is 0 Å². The van der Waals surface area contributed by atoms with Crippen LogP contribution in [-0.4, -0.2) is 53.3 Å². The molecule has 1 N–H and O–H groups in total. The summed E-state index contributed by atoms with van der Waals surface area (Å²) in [5.41, 5.74) is 1.96. The molecule has 0 aliphatic heterocycles. The van der Waals surface area contributed by atoms with Gasteiger partial charge < -0.3 is 10.1 Å². The summed E-state index contributed by atoms with van der Waals surface area (Å²) >= 11 is 0. The molecule has 9 nitrogen and oxygen atoms in total. The van der Waals surface area contributed by atoms with E-state index in [9.17, 15) is 13.2 Å². The van der Waals surface area contributed by atoms with Crippen molar-refractivity contribution in [3.63, 3.8) is 0 Å². The number of anilines is 1. The van der Waals surface area contributed by atoms with Crippen LogP contribution in [0.25, 0.3) is 11.0 Å². The first-order valence-corrected chi connectivity index (χ1v) is 12.2. The lowest BCUT2D eigenvalue weighted by Crippen LogP contribution is -2.30. The number of ether oxygens (including phenoxy) is 1. The van der Waals surface area contributed by atoms with Crippen molar-refractivity contribution >= 4 is 32.7 Å². The fraction of sp³-hybridized carbons (Fsp3) is 0.409. The van der Waals surface area contributed by atoms with Gasteiger partial charge in [0.25, 0.3) is 0 Å². The molecule has 2 aromatic carbocycles. The van der Waals surface area contributed by atoms with Crippen LogP contribution in [-0.2, 0) is 21.4 Å². The van der Waals surface area contributed by atoms with Gasteiger partial charge in [-0.1, -0.05) is 19.1 Å². The van der Waals surface area contributed by atoms with Crippen molar-refractivity contribution < 1.29 is 17.9 Å². The Morgan fingerprint density at radius 3 is 2.47 bits per heavy atom. The number of carbonyl (C=O) groups is 1. The zero-order valence-electron chi connectivity index (χ0n) is 18.6. The molecule has 0 fully saturated rings. The van der Waals surface area contributed by atoms with Crippen LogP contribution in [0.1, 0.15) is 33.6 Å². The van der Waals surface area contributed by atoms with Crippen molar-refractivity contribution in [2.24, 2.45) is 0 Å². The molecule has 3 aromatic rings. The molecule has 10 heteroatoms. The molecule has 0 bridgehead atoms. The number of hydrogen-bond donors (Lipinski definition) is 1. The number of sulfonamides is 1. The molecule has 32 heavy (non-hydrogen) atoms. The number of aromatic nitrogens is 3. The Hall–Kier alpha value is -2.98. The van der Waals surface area contributed by atoms with Crippen molar-refractivity contribution in [2.45, 2.75) is 45.1 Å². The van der Waals surface area contributed by atoms with Crippen molar-refractivity contribution in [2.75, 3.05) is 25.0 Å². The number of amides is 1. The summed E-state index contributed by atoms with van der Waals surface area (Å²) < 4.78 is 33.9. The first kappa shape index (κ1) is 23.7. The van der Waals surface area contributed by atoms with Gasteiger partial charge in [-0.25, -0.2) is 13.1 Å². The van der Waals surface area contributed by atoms with Crippen molar-refractivity contribution in [3.8, 4) is 5.75 Å². The molecule has 0 aliphatic rings. The minimum Gasteiger partial charge on any atom is -0.494 e. The zero-order valence-corrected chi connectivity index (χ0v) is 19.4. The Morgan fingerprint density at radius 1 is 1.09 bits per heavy atom. The lowest BCUT2D eigenvalue weighted by atomic mass is 10.2. The van der Waals surface area contributed by atoms with E-state index in [1.807, 2.05) is 32.9 Å². The van der Waals surface area contributed by atoms with Crippen LogP contribution in [0, 0.1) is 0 Å². The summed E-state index contributed by atoms with van der Waals surface area (Å²) in [4.78, 5) is 12.4. The normalized spacial score (nSPS) is 11.8. The van der Waals surface area contributed by atoms with E-state index in [0.717, 1.165) is 11.3 Å². The molecule has 0 saturated carbocycles. The smallest absolute Gasteiger partial charge is 0.243 e. The SMILES string of the molecule is CCOc1ccc(NC(=O)CCCn2nnc3cc(S(=O)(=O)N(CC)CC)ccc32)cc1. The fourth-order valence-corrected chi connectivity index (χ4v) is 4.88. The standard InChI is InChI=1S/C22H29N5O4S/c1-4-26(5-2)32(29,30)19-13-14-21-20(16-19)24-25-27(21)15-7-8-22(28)23-17-9-11-18(12-10-17)31-6-3/h9-14,16H,4-8,15H2,1-3H3,(H,23,28). The van der Waals surface area contributed by atoms with Crippen LogP contribution in [0.15, 0.2) is 47.4 Å². The van der Waals surface area contributed by atoms with E-state index in [1.165, 1.54) is 4.31 Å². The van der Waals surface area contributed by atoms with Crippen LogP contribution in [0.4, 0.5) is 5.69 Å². The number of hydrogen-bond acceptors (Lipinski definition) is 6. The second-order valence-electron chi connectivity index (χ2n) is 7.16. The molecule has 3 rings (SSSR count). The molecular weight excluding hydrogens is 430 g/mol. The first-order valence-electron chi connectivity index (χ1n) is 10.7. The van der Waals surface area contributed by atoms with Crippen molar-refractivity contribution in [1.29, 1.82) is 0 Å². The predicted octanol–water partition coefficient (Wildman–Crippen LogP) is 3.28. The lowest BCUT2D eigenvalue weighted by Gasteiger charge is -2.18. The van der Waals surface area contributed by atoms with Gasteiger partial charge >= 0.3 is 0 Å². The summed E-state index contributed by atoms with van der Waals surface area (Å²) in [7, 11) is -3.55. The maximum absolute atomic E-state index is 12.7. The first-order chi connectivity index (χ1) is 15.4. The van der Waals surface area contributed by atoms with Gasteiger partial charge in [0.05, 0.1) is 17.0 Å². The molecule has 1 amide bonds. The summed E-state index contributed by atoms with van der Waals surface area (Å²) in [6, 6.07) is 12.1. The third-order valence-corrected chi connectivity index (χ3v) is 7.10. The van der Waals surface area contributed by atoms with Crippen molar-refractivity contribution in [3.05, 3.63) is 42.5 Å². The van der Waals surface area contributed by atoms with E-state index in [1.54, 1.807) is 35.0 Å². The fourth-order valence-electron chi connectivity index (χ4n) is 3.40. The van der Waals surface area contributed by atoms with Crippen LogP contribution < -0.4 is 10.1 Å². The number of fused-ring (bicyclic) bond motifs is 1. The van der Waals surface area contributed by atoms with Gasteiger partial charge in [0.15, 0.2) is 0 Å². The number of aryl methyl sites for hydroxylation is 1. The van der Waals surface area contributed by atoms with E-state index in [2.05, 4.69) is 15.6 Å². The Labute approximate surface area is 188 Å². The number of carbonyl (C=O) groups excluding carboxylic acids is 1. The Bertz CT molecular complexity index is 1150. The Balaban J connectivity index is 1.59. The van der Waals surface area contributed by atoms with E-state index in [4.69, 9.17) is 4.74 Å². The highest BCUT2D eigenvalue weighted by Gasteiger charge is 2.22. The minimum absolute atomic E-state index is 0.0915. The second-order valence-corrected chi connectivity index (χ2v) is 9.10. The third-order valence-electron chi connectivity index (χ3n) is 5.05. The average molecular weight is 460 g/mol. The van der Waals surface area contributed by atoms with E-state index < -0.39 is 10.0 Å². The lowest BCUT2D eigenvalue weighted by molar-refractivity contribution is -0.116. The predicted molar refractivity (Wildman–Crippen MR) is 123 cm³/mol. The van der Waals surface area contributed by atoms with Crippen LogP contribution >= 0.6 is 0 Å². The topological polar surface area (TPSA) is 106 Å². The number of nitrogens with one attached hydrogen (secondary N) is 1. The maximum Gasteiger partial charge on any atom is 0.243 e. The Kier molecular flexibility index (Phi) is 7.81. The minimum atomic E-state index is -3.55. The quantitative estimate of drug-likeness (QED) is 0.472.